The van der Waals surface area contributed by atoms with Gasteiger partial charge in [0.2, 0.25) is 0 Å². The zero-order valence-electron chi connectivity index (χ0n) is 8.87. The normalized spacial score (nSPS) is 40.2. The third-order valence-electron chi connectivity index (χ3n) is 3.61. The number of hydrogen-bond acceptors (Lipinski definition) is 2. The minimum Gasteiger partial charge on any atom is -0.327 e. The molecule has 0 spiro atoms. The highest BCUT2D eigenvalue weighted by Crippen LogP contribution is 2.37. The van der Waals surface area contributed by atoms with E-state index in [0.717, 1.165) is 17.8 Å². The van der Waals surface area contributed by atoms with Crippen molar-refractivity contribution in [3.8, 4) is 0 Å². The summed E-state index contributed by atoms with van der Waals surface area (Å²) in [4.78, 5) is 2.61. The van der Waals surface area contributed by atoms with Gasteiger partial charge in [-0.2, -0.15) is 0 Å². The molecule has 13 heavy (non-hydrogen) atoms. The van der Waals surface area contributed by atoms with E-state index in [9.17, 15) is 0 Å². The second kappa shape index (κ2) is 3.58. The average molecular weight is 182 g/mol. The van der Waals surface area contributed by atoms with Crippen molar-refractivity contribution in [1.82, 2.24) is 4.90 Å². The summed E-state index contributed by atoms with van der Waals surface area (Å²) in [5.41, 5.74) is 6.09. The van der Waals surface area contributed by atoms with Crippen LogP contribution in [0, 0.1) is 17.8 Å². The van der Waals surface area contributed by atoms with E-state index in [1.54, 1.807) is 0 Å². The lowest BCUT2D eigenvalue weighted by Crippen LogP contribution is -2.31. The van der Waals surface area contributed by atoms with E-state index in [0.29, 0.717) is 6.04 Å². The molecule has 0 aromatic carbocycles. The van der Waals surface area contributed by atoms with E-state index in [4.69, 9.17) is 5.73 Å². The van der Waals surface area contributed by atoms with Crippen molar-refractivity contribution in [3.05, 3.63) is 0 Å². The zero-order chi connectivity index (χ0) is 9.42. The van der Waals surface area contributed by atoms with Crippen LogP contribution in [0.15, 0.2) is 0 Å². The molecule has 3 atom stereocenters. The van der Waals surface area contributed by atoms with Gasteiger partial charge in [0, 0.05) is 25.7 Å². The lowest BCUT2D eigenvalue weighted by Gasteiger charge is -2.20. The first kappa shape index (κ1) is 9.47. The Morgan fingerprint density at radius 1 is 1.31 bits per heavy atom. The van der Waals surface area contributed by atoms with Crippen molar-refractivity contribution in [1.29, 1.82) is 0 Å². The summed E-state index contributed by atoms with van der Waals surface area (Å²) >= 11 is 0. The summed E-state index contributed by atoms with van der Waals surface area (Å²) in [5, 5.41) is 0. The highest BCUT2D eigenvalue weighted by molar-refractivity contribution is 4.95. The van der Waals surface area contributed by atoms with Crippen LogP contribution >= 0.6 is 0 Å². The summed E-state index contributed by atoms with van der Waals surface area (Å²) in [6.45, 7) is 8.45. The quantitative estimate of drug-likeness (QED) is 0.697. The maximum absolute atomic E-state index is 6.09. The predicted molar refractivity (Wildman–Crippen MR) is 55.5 cm³/mol. The van der Waals surface area contributed by atoms with Crippen LogP contribution in [0.5, 0.6) is 0 Å². The molecule has 0 aromatic rings. The molecular weight excluding hydrogens is 160 g/mol. The number of fused-ring (bicyclic) bond motifs is 1. The van der Waals surface area contributed by atoms with E-state index in [1.807, 2.05) is 0 Å². The Morgan fingerprint density at radius 3 is 2.69 bits per heavy atom. The Morgan fingerprint density at radius 2 is 2.08 bits per heavy atom. The minimum atomic E-state index is 0.502. The van der Waals surface area contributed by atoms with Crippen LogP contribution in [0.25, 0.3) is 0 Å². The van der Waals surface area contributed by atoms with E-state index in [-0.39, 0.29) is 0 Å². The highest BCUT2D eigenvalue weighted by atomic mass is 15.2. The van der Waals surface area contributed by atoms with Gasteiger partial charge >= 0.3 is 0 Å². The Hall–Kier alpha value is -0.0800. The lowest BCUT2D eigenvalue weighted by atomic mass is 9.98. The van der Waals surface area contributed by atoms with Crippen LogP contribution in [0.3, 0.4) is 0 Å². The molecule has 1 aliphatic carbocycles. The summed E-state index contributed by atoms with van der Waals surface area (Å²) < 4.78 is 0. The molecule has 1 saturated heterocycles. The fourth-order valence-electron chi connectivity index (χ4n) is 3.07. The second-order valence-corrected chi connectivity index (χ2v) is 5.28. The van der Waals surface area contributed by atoms with Crippen LogP contribution in [-0.2, 0) is 0 Å². The number of nitrogens with two attached hydrogens (primary N) is 1. The van der Waals surface area contributed by atoms with Crippen molar-refractivity contribution in [2.45, 2.75) is 32.7 Å². The molecule has 2 nitrogen and oxygen atoms in total. The van der Waals surface area contributed by atoms with Gasteiger partial charge in [-0.1, -0.05) is 13.8 Å². The van der Waals surface area contributed by atoms with Crippen molar-refractivity contribution in [2.24, 2.45) is 23.5 Å². The zero-order valence-corrected chi connectivity index (χ0v) is 8.87. The lowest BCUT2D eigenvalue weighted by molar-refractivity contribution is 0.272. The smallest absolute Gasteiger partial charge is 0.00826 e. The van der Waals surface area contributed by atoms with Crippen molar-refractivity contribution >= 4 is 0 Å². The van der Waals surface area contributed by atoms with Gasteiger partial charge in [0.1, 0.15) is 0 Å². The molecule has 2 aliphatic rings. The SMILES string of the molecule is CC(C)CN1C[C@@H]2CCC(N)[C@@H]2C1. The molecule has 0 bridgehead atoms. The predicted octanol–water partition coefficient (Wildman–Crippen LogP) is 1.31. The van der Waals surface area contributed by atoms with Crippen LogP contribution in [-0.4, -0.2) is 30.6 Å². The molecule has 2 fully saturated rings. The molecular formula is C11H22N2. The molecule has 0 amide bonds. The summed E-state index contributed by atoms with van der Waals surface area (Å²) in [7, 11) is 0. The molecule has 1 heterocycles. The van der Waals surface area contributed by atoms with Gasteiger partial charge in [0.15, 0.2) is 0 Å². The Balaban J connectivity index is 1.87. The van der Waals surface area contributed by atoms with Gasteiger partial charge in [-0.3, -0.25) is 0 Å². The molecule has 0 radical (unpaired) electrons. The largest absolute Gasteiger partial charge is 0.327 e. The summed E-state index contributed by atoms with van der Waals surface area (Å²) in [5.74, 6) is 2.54. The van der Waals surface area contributed by atoms with Crippen LogP contribution in [0.4, 0.5) is 0 Å². The Labute approximate surface area is 81.5 Å². The standard InChI is InChI=1S/C11H22N2/c1-8(2)5-13-6-9-3-4-11(12)10(9)7-13/h8-11H,3-7,12H2,1-2H3/t9-,10+,11?/m0/s1. The van der Waals surface area contributed by atoms with Gasteiger partial charge in [0.05, 0.1) is 0 Å². The van der Waals surface area contributed by atoms with Gasteiger partial charge in [-0.05, 0) is 30.6 Å². The fraction of sp³-hybridized carbons (Fsp3) is 1.00. The van der Waals surface area contributed by atoms with Crippen LogP contribution in [0.1, 0.15) is 26.7 Å². The summed E-state index contributed by atoms with van der Waals surface area (Å²) in [6.07, 6.45) is 2.64. The fourth-order valence-corrected chi connectivity index (χ4v) is 3.07. The topological polar surface area (TPSA) is 29.3 Å². The van der Waals surface area contributed by atoms with E-state index in [2.05, 4.69) is 18.7 Å². The number of likely N-dealkylation sites (tertiary alicyclic amines) is 1. The van der Waals surface area contributed by atoms with Gasteiger partial charge < -0.3 is 10.6 Å². The van der Waals surface area contributed by atoms with Crippen molar-refractivity contribution < 1.29 is 0 Å². The first-order valence-electron chi connectivity index (χ1n) is 5.64. The van der Waals surface area contributed by atoms with Crippen molar-refractivity contribution in [3.63, 3.8) is 0 Å². The molecule has 2 heteroatoms. The number of rotatable bonds is 2. The van der Waals surface area contributed by atoms with Crippen LogP contribution < -0.4 is 5.73 Å². The monoisotopic (exact) mass is 182 g/mol. The highest BCUT2D eigenvalue weighted by Gasteiger charge is 2.40. The minimum absolute atomic E-state index is 0.502. The Kier molecular flexibility index (Phi) is 2.61. The van der Waals surface area contributed by atoms with Gasteiger partial charge in [0.25, 0.3) is 0 Å². The van der Waals surface area contributed by atoms with E-state index >= 15 is 0 Å². The van der Waals surface area contributed by atoms with Crippen molar-refractivity contribution in [2.75, 3.05) is 19.6 Å². The maximum Gasteiger partial charge on any atom is 0.00826 e. The molecule has 1 unspecified atom stereocenters. The van der Waals surface area contributed by atoms with Gasteiger partial charge in [-0.15, -0.1) is 0 Å². The average Bonchev–Trinajstić information content (AvgIpc) is 2.53. The number of nitrogens with zero attached hydrogens (tertiary/aromatic N) is 1. The Bertz CT molecular complexity index is 179. The first-order chi connectivity index (χ1) is 6.16. The molecule has 76 valence electrons. The maximum atomic E-state index is 6.09. The van der Waals surface area contributed by atoms with Crippen LogP contribution in [0.2, 0.25) is 0 Å². The third-order valence-corrected chi connectivity index (χ3v) is 3.61. The summed E-state index contributed by atoms with van der Waals surface area (Å²) in [6, 6.07) is 0.502. The third kappa shape index (κ3) is 1.89. The molecule has 0 aromatic heterocycles. The second-order valence-electron chi connectivity index (χ2n) is 5.28. The van der Waals surface area contributed by atoms with E-state index in [1.165, 1.54) is 32.5 Å². The molecule has 2 rings (SSSR count). The van der Waals surface area contributed by atoms with E-state index < -0.39 is 0 Å². The first-order valence-corrected chi connectivity index (χ1v) is 5.64. The molecule has 2 N–H and O–H groups in total. The molecule has 1 saturated carbocycles. The molecule has 1 aliphatic heterocycles. The van der Waals surface area contributed by atoms with Gasteiger partial charge in [-0.25, -0.2) is 0 Å². The number of hydrogen-bond donors (Lipinski definition) is 1.